The lowest BCUT2D eigenvalue weighted by Gasteiger charge is -2.23. The van der Waals surface area contributed by atoms with E-state index in [-0.39, 0.29) is 17.7 Å². The molecule has 1 amide bonds. The zero-order valence-corrected chi connectivity index (χ0v) is 17.3. The number of hydrogen-bond acceptors (Lipinski definition) is 5. The minimum atomic E-state index is -0.492. The van der Waals surface area contributed by atoms with Crippen LogP contribution in [0.15, 0.2) is 54.6 Å². The Labute approximate surface area is 174 Å². The predicted molar refractivity (Wildman–Crippen MR) is 116 cm³/mol. The van der Waals surface area contributed by atoms with E-state index >= 15 is 0 Å². The van der Waals surface area contributed by atoms with Gasteiger partial charge in [-0.1, -0.05) is 42.5 Å². The summed E-state index contributed by atoms with van der Waals surface area (Å²) in [6.45, 7) is 2.70. The molecule has 6 heteroatoms. The average Bonchev–Trinajstić information content (AvgIpc) is 3.34. The van der Waals surface area contributed by atoms with E-state index in [0.29, 0.717) is 13.0 Å². The highest BCUT2D eigenvalue weighted by atomic mass is 32.1. The van der Waals surface area contributed by atoms with Gasteiger partial charge >= 0.3 is 0 Å². The molecule has 1 fully saturated rings. The number of rotatable bonds is 7. The van der Waals surface area contributed by atoms with E-state index in [1.807, 2.05) is 48.5 Å². The first-order chi connectivity index (χ1) is 14.1. The van der Waals surface area contributed by atoms with Crippen LogP contribution in [0, 0.1) is 0 Å². The third-order valence-corrected chi connectivity index (χ3v) is 6.55. The number of amides is 1. The molecule has 2 aromatic carbocycles. The first kappa shape index (κ1) is 19.7. The molecule has 3 aromatic rings. The molecule has 5 nitrogen and oxygen atoms in total. The second kappa shape index (κ2) is 8.84. The molecule has 1 N–H and O–H groups in total. The maximum atomic E-state index is 12.7. The highest BCUT2D eigenvalue weighted by Gasteiger charge is 2.30. The van der Waals surface area contributed by atoms with Crippen LogP contribution in [-0.2, 0) is 16.0 Å². The van der Waals surface area contributed by atoms with Crippen molar-refractivity contribution in [2.45, 2.75) is 38.3 Å². The molecule has 0 spiro atoms. The number of nitrogens with zero attached hydrogens (tertiary/aromatic N) is 2. The molecule has 29 heavy (non-hydrogen) atoms. The third kappa shape index (κ3) is 4.71. The van der Waals surface area contributed by atoms with Crippen LogP contribution in [0.3, 0.4) is 0 Å². The van der Waals surface area contributed by atoms with Gasteiger partial charge in [-0.15, -0.1) is 11.3 Å². The van der Waals surface area contributed by atoms with Crippen LogP contribution in [-0.4, -0.2) is 40.7 Å². The Kier molecular flexibility index (Phi) is 6.02. The molecular weight excluding hydrogens is 382 g/mol. The Morgan fingerprint density at radius 2 is 1.93 bits per heavy atom. The topological polar surface area (TPSA) is 62.3 Å². The lowest BCUT2D eigenvalue weighted by atomic mass is 10.0. The van der Waals surface area contributed by atoms with Crippen molar-refractivity contribution in [3.8, 4) is 0 Å². The standard InChI is InChI=1S/C23H25N3O2S/c1-16(27)19(14-17-8-3-2-4-9-17)24-22(28)15-26-13-7-11-20(26)23-25-18-10-5-6-12-21(18)29-23/h2-6,8-10,12,19-20H,7,11,13-15H2,1H3,(H,24,28)/t19-,20+/m0/s1. The van der Waals surface area contributed by atoms with Crippen molar-refractivity contribution in [3.05, 3.63) is 65.2 Å². The highest BCUT2D eigenvalue weighted by Crippen LogP contribution is 2.36. The summed E-state index contributed by atoms with van der Waals surface area (Å²) < 4.78 is 1.18. The van der Waals surface area contributed by atoms with Crippen LogP contribution >= 0.6 is 11.3 Å². The van der Waals surface area contributed by atoms with Crippen molar-refractivity contribution >= 4 is 33.2 Å². The van der Waals surface area contributed by atoms with Gasteiger partial charge in [0.15, 0.2) is 5.78 Å². The predicted octanol–water partition coefficient (Wildman–Crippen LogP) is 3.75. The number of aromatic nitrogens is 1. The number of nitrogens with one attached hydrogen (secondary N) is 1. The molecule has 0 radical (unpaired) electrons. The fourth-order valence-corrected chi connectivity index (χ4v) is 5.04. The zero-order chi connectivity index (χ0) is 20.2. The van der Waals surface area contributed by atoms with Gasteiger partial charge in [0.2, 0.25) is 5.91 Å². The molecule has 150 valence electrons. The van der Waals surface area contributed by atoms with E-state index in [9.17, 15) is 9.59 Å². The molecule has 1 aromatic heterocycles. The molecule has 0 aliphatic carbocycles. The third-order valence-electron chi connectivity index (χ3n) is 5.41. The molecule has 0 saturated carbocycles. The number of carbonyl (C=O) groups excluding carboxylic acids is 2. The molecule has 1 aliphatic heterocycles. The minimum absolute atomic E-state index is 0.0219. The summed E-state index contributed by atoms with van der Waals surface area (Å²) in [5, 5.41) is 4.02. The molecule has 0 bridgehead atoms. The molecule has 0 unspecified atom stereocenters. The zero-order valence-electron chi connectivity index (χ0n) is 16.5. The SMILES string of the molecule is CC(=O)[C@H](Cc1ccccc1)NC(=O)CN1CCC[C@@H]1c1nc2ccccc2s1. The summed E-state index contributed by atoms with van der Waals surface area (Å²) in [5.41, 5.74) is 2.06. The van der Waals surface area contributed by atoms with Gasteiger partial charge in [-0.3, -0.25) is 14.5 Å². The normalized spacial score (nSPS) is 18.0. The molecule has 2 atom stereocenters. The monoisotopic (exact) mass is 407 g/mol. The van der Waals surface area contributed by atoms with E-state index in [2.05, 4.69) is 16.3 Å². The Morgan fingerprint density at radius 3 is 2.69 bits per heavy atom. The largest absolute Gasteiger partial charge is 0.345 e. The van der Waals surface area contributed by atoms with Gasteiger partial charge in [0.1, 0.15) is 5.01 Å². The van der Waals surface area contributed by atoms with Crippen LogP contribution < -0.4 is 5.32 Å². The fourth-order valence-electron chi connectivity index (χ4n) is 3.90. The number of hydrogen-bond donors (Lipinski definition) is 1. The number of Topliss-reactive ketones (excluding diaryl/α,β-unsaturated/α-hetero) is 1. The van der Waals surface area contributed by atoms with Gasteiger partial charge < -0.3 is 5.32 Å². The first-order valence-electron chi connectivity index (χ1n) is 10.0. The number of ketones is 1. The van der Waals surface area contributed by atoms with Crippen LogP contribution in [0.25, 0.3) is 10.2 Å². The highest BCUT2D eigenvalue weighted by molar-refractivity contribution is 7.18. The van der Waals surface area contributed by atoms with Crippen molar-refractivity contribution in [1.82, 2.24) is 15.2 Å². The summed E-state index contributed by atoms with van der Waals surface area (Å²) in [5.74, 6) is -0.125. The lowest BCUT2D eigenvalue weighted by molar-refractivity contribution is -0.127. The summed E-state index contributed by atoms with van der Waals surface area (Å²) in [6, 6.07) is 17.6. The lowest BCUT2D eigenvalue weighted by Crippen LogP contribution is -2.45. The number of benzene rings is 2. The second-order valence-corrected chi connectivity index (χ2v) is 8.63. The van der Waals surface area contributed by atoms with Gasteiger partial charge in [0, 0.05) is 0 Å². The van der Waals surface area contributed by atoms with Gasteiger partial charge in [-0.25, -0.2) is 4.98 Å². The number of fused-ring (bicyclic) bond motifs is 1. The van der Waals surface area contributed by atoms with Gasteiger partial charge in [0.25, 0.3) is 0 Å². The minimum Gasteiger partial charge on any atom is -0.345 e. The molecule has 4 rings (SSSR count). The van der Waals surface area contributed by atoms with Crippen LogP contribution in [0.1, 0.15) is 36.4 Å². The van der Waals surface area contributed by atoms with Crippen LogP contribution in [0.4, 0.5) is 0 Å². The van der Waals surface area contributed by atoms with Crippen molar-refractivity contribution < 1.29 is 9.59 Å². The maximum absolute atomic E-state index is 12.7. The fraction of sp³-hybridized carbons (Fsp3) is 0.348. The van der Waals surface area contributed by atoms with E-state index in [1.165, 1.54) is 11.6 Å². The van der Waals surface area contributed by atoms with E-state index < -0.39 is 6.04 Å². The van der Waals surface area contributed by atoms with Crippen molar-refractivity contribution in [2.24, 2.45) is 0 Å². The Morgan fingerprint density at radius 1 is 1.17 bits per heavy atom. The summed E-state index contributed by atoms with van der Waals surface area (Å²) >= 11 is 1.71. The number of likely N-dealkylation sites (tertiary alicyclic amines) is 1. The van der Waals surface area contributed by atoms with Crippen LogP contribution in [0.5, 0.6) is 0 Å². The molecule has 1 saturated heterocycles. The first-order valence-corrected chi connectivity index (χ1v) is 10.8. The number of para-hydroxylation sites is 1. The van der Waals surface area contributed by atoms with E-state index in [4.69, 9.17) is 4.98 Å². The van der Waals surface area contributed by atoms with Gasteiger partial charge in [-0.05, 0) is 50.4 Å². The van der Waals surface area contributed by atoms with Crippen molar-refractivity contribution in [3.63, 3.8) is 0 Å². The Bertz CT molecular complexity index is 969. The summed E-state index contributed by atoms with van der Waals surface area (Å²) in [7, 11) is 0. The number of thiazole rings is 1. The molecular formula is C23H25N3O2S. The Hall–Kier alpha value is -2.57. The quantitative estimate of drug-likeness (QED) is 0.648. The summed E-state index contributed by atoms with van der Waals surface area (Å²) in [6.07, 6.45) is 2.57. The number of carbonyl (C=O) groups is 2. The van der Waals surface area contributed by atoms with E-state index in [1.54, 1.807) is 11.3 Å². The summed E-state index contributed by atoms with van der Waals surface area (Å²) in [4.78, 5) is 31.8. The molecule has 2 heterocycles. The van der Waals surface area contributed by atoms with Crippen LogP contribution in [0.2, 0.25) is 0 Å². The second-order valence-electron chi connectivity index (χ2n) is 7.57. The molecule has 1 aliphatic rings. The van der Waals surface area contributed by atoms with Gasteiger partial charge in [0.05, 0.1) is 28.8 Å². The van der Waals surface area contributed by atoms with Crippen molar-refractivity contribution in [2.75, 3.05) is 13.1 Å². The Balaban J connectivity index is 1.41. The van der Waals surface area contributed by atoms with Crippen molar-refractivity contribution in [1.29, 1.82) is 0 Å². The maximum Gasteiger partial charge on any atom is 0.234 e. The smallest absolute Gasteiger partial charge is 0.234 e. The van der Waals surface area contributed by atoms with E-state index in [0.717, 1.165) is 35.5 Å². The average molecular weight is 408 g/mol. The van der Waals surface area contributed by atoms with Gasteiger partial charge in [-0.2, -0.15) is 0 Å².